The Morgan fingerprint density at radius 2 is 1.08 bits per heavy atom. The van der Waals surface area contributed by atoms with E-state index < -0.39 is 0 Å². The second-order valence-electron chi connectivity index (χ2n) is 9.80. The fourth-order valence-corrected chi connectivity index (χ4v) is 4.95. The Labute approximate surface area is 223 Å². The molecule has 0 aliphatic heterocycles. The van der Waals surface area contributed by atoms with Crippen LogP contribution in [0.25, 0.3) is 46.1 Å². The van der Waals surface area contributed by atoms with Gasteiger partial charge in [-0.25, -0.2) is 4.98 Å². The molecule has 0 fully saturated rings. The largest absolute Gasteiger partial charge is 0.255 e. The molecule has 3 aromatic heterocycles. The second-order valence-corrected chi connectivity index (χ2v) is 11.7. The number of thioether (sulfide) groups is 1. The lowest BCUT2D eigenvalue weighted by Crippen LogP contribution is -2.06. The van der Waals surface area contributed by atoms with Crippen molar-refractivity contribution in [3.8, 4) is 33.9 Å². The van der Waals surface area contributed by atoms with Gasteiger partial charge in [0.25, 0.3) is 0 Å². The van der Waals surface area contributed by atoms with E-state index in [4.69, 9.17) is 4.98 Å². The zero-order valence-electron chi connectivity index (χ0n) is 21.3. The summed E-state index contributed by atoms with van der Waals surface area (Å²) in [5.74, 6) is 0. The van der Waals surface area contributed by atoms with Crippen molar-refractivity contribution >= 4 is 23.9 Å². The highest BCUT2D eigenvalue weighted by atomic mass is 32.2. The monoisotopic (exact) mass is 499 g/mol. The lowest BCUT2D eigenvalue weighted by molar-refractivity contribution is 0.803. The van der Waals surface area contributed by atoms with Crippen LogP contribution in [0.5, 0.6) is 0 Å². The van der Waals surface area contributed by atoms with Gasteiger partial charge in [-0.1, -0.05) is 81.5 Å². The molecule has 0 unspecified atom stereocenters. The highest BCUT2D eigenvalue weighted by Crippen LogP contribution is 2.32. The number of hydrogen-bond acceptors (Lipinski definition) is 4. The van der Waals surface area contributed by atoms with Crippen LogP contribution in [0.1, 0.15) is 31.9 Å². The molecular formula is C33H29N3S. The Balaban J connectivity index is 1.40. The molecule has 5 aromatic rings. The highest BCUT2D eigenvalue weighted by Gasteiger charge is 2.12. The molecule has 0 spiro atoms. The molecule has 0 N–H and O–H groups in total. The molecule has 0 radical (unpaired) electrons. The van der Waals surface area contributed by atoms with Crippen LogP contribution < -0.4 is 0 Å². The minimum absolute atomic E-state index is 0.213. The molecule has 0 saturated heterocycles. The van der Waals surface area contributed by atoms with Crippen molar-refractivity contribution in [3.05, 3.63) is 121 Å². The SMILES string of the molecule is CC(C)(C)Sc1ccc(/C=C/c2ccc(-c3cc(-c4ccccn4)nc(-c4ccccn4)c3)cc2)cc1. The Morgan fingerprint density at radius 3 is 1.54 bits per heavy atom. The highest BCUT2D eigenvalue weighted by molar-refractivity contribution is 8.00. The summed E-state index contributed by atoms with van der Waals surface area (Å²) in [7, 11) is 0. The third-order valence-corrected chi connectivity index (χ3v) is 6.82. The van der Waals surface area contributed by atoms with E-state index in [1.54, 1.807) is 12.4 Å². The normalized spacial score (nSPS) is 11.6. The van der Waals surface area contributed by atoms with E-state index >= 15 is 0 Å². The molecule has 0 saturated carbocycles. The Hall–Kier alpha value is -4.02. The lowest BCUT2D eigenvalue weighted by Gasteiger charge is -2.17. The maximum Gasteiger partial charge on any atom is 0.0900 e. The third kappa shape index (κ3) is 6.60. The zero-order valence-corrected chi connectivity index (χ0v) is 22.1. The summed E-state index contributed by atoms with van der Waals surface area (Å²) in [6, 6.07) is 33.3. The minimum atomic E-state index is 0.213. The molecule has 0 amide bonds. The fraction of sp³-hybridized carbons (Fsp3) is 0.121. The van der Waals surface area contributed by atoms with E-state index in [0.29, 0.717) is 0 Å². The molecule has 0 atom stereocenters. The van der Waals surface area contributed by atoms with Crippen LogP contribution in [0.2, 0.25) is 0 Å². The van der Waals surface area contributed by atoms with Gasteiger partial charge in [0, 0.05) is 22.0 Å². The summed E-state index contributed by atoms with van der Waals surface area (Å²) in [5.41, 5.74) is 7.89. The third-order valence-electron chi connectivity index (χ3n) is 5.70. The topological polar surface area (TPSA) is 38.7 Å². The van der Waals surface area contributed by atoms with Crippen molar-refractivity contribution in [2.75, 3.05) is 0 Å². The molecule has 0 aliphatic rings. The first-order valence-electron chi connectivity index (χ1n) is 12.4. The molecule has 0 aliphatic carbocycles. The van der Waals surface area contributed by atoms with Crippen LogP contribution in [0.15, 0.2) is 114 Å². The predicted molar refractivity (Wildman–Crippen MR) is 157 cm³/mol. The number of pyridine rings is 3. The Morgan fingerprint density at radius 1 is 0.568 bits per heavy atom. The molecule has 5 rings (SSSR count). The van der Waals surface area contributed by atoms with Crippen LogP contribution in [0, 0.1) is 0 Å². The van der Waals surface area contributed by atoms with Crippen LogP contribution in [0.3, 0.4) is 0 Å². The summed E-state index contributed by atoms with van der Waals surface area (Å²) in [6.07, 6.45) is 7.90. The Bertz CT molecular complexity index is 1430. The van der Waals surface area contributed by atoms with Gasteiger partial charge in [0.15, 0.2) is 0 Å². The van der Waals surface area contributed by atoms with Crippen molar-refractivity contribution in [3.63, 3.8) is 0 Å². The van der Waals surface area contributed by atoms with Crippen LogP contribution >= 0.6 is 11.8 Å². The zero-order chi connectivity index (χ0) is 25.7. The number of benzene rings is 2. The Kier molecular flexibility index (Phi) is 7.29. The quantitative estimate of drug-likeness (QED) is 0.173. The van der Waals surface area contributed by atoms with Gasteiger partial charge >= 0.3 is 0 Å². The molecule has 37 heavy (non-hydrogen) atoms. The van der Waals surface area contributed by atoms with Crippen LogP contribution in [-0.4, -0.2) is 19.7 Å². The first-order chi connectivity index (χ1) is 17.9. The van der Waals surface area contributed by atoms with E-state index in [9.17, 15) is 0 Å². The maximum atomic E-state index is 4.87. The second kappa shape index (κ2) is 10.9. The van der Waals surface area contributed by atoms with E-state index in [2.05, 4.69) is 104 Å². The van der Waals surface area contributed by atoms with Crippen molar-refractivity contribution in [2.24, 2.45) is 0 Å². The van der Waals surface area contributed by atoms with Crippen molar-refractivity contribution < 1.29 is 0 Å². The molecule has 3 heterocycles. The molecule has 0 bridgehead atoms. The average molecular weight is 500 g/mol. The first kappa shape index (κ1) is 24.7. The minimum Gasteiger partial charge on any atom is -0.255 e. The summed E-state index contributed by atoms with van der Waals surface area (Å²) in [4.78, 5) is 15.2. The summed E-state index contributed by atoms with van der Waals surface area (Å²) in [5, 5.41) is 0. The van der Waals surface area contributed by atoms with Crippen LogP contribution in [0.4, 0.5) is 0 Å². The average Bonchev–Trinajstić information content (AvgIpc) is 2.93. The van der Waals surface area contributed by atoms with Crippen LogP contribution in [-0.2, 0) is 0 Å². The number of nitrogens with zero attached hydrogens (tertiary/aromatic N) is 3. The number of hydrogen-bond donors (Lipinski definition) is 0. The molecule has 2 aromatic carbocycles. The van der Waals surface area contributed by atoms with E-state index in [-0.39, 0.29) is 4.75 Å². The maximum absolute atomic E-state index is 4.87. The summed E-state index contributed by atoms with van der Waals surface area (Å²) >= 11 is 1.89. The van der Waals surface area contributed by atoms with Gasteiger partial charge in [0.1, 0.15) is 0 Å². The van der Waals surface area contributed by atoms with E-state index in [0.717, 1.165) is 39.5 Å². The summed E-state index contributed by atoms with van der Waals surface area (Å²) < 4.78 is 0.213. The lowest BCUT2D eigenvalue weighted by atomic mass is 10.0. The first-order valence-corrected chi connectivity index (χ1v) is 13.2. The fourth-order valence-electron chi connectivity index (χ4n) is 3.97. The number of rotatable bonds is 6. The van der Waals surface area contributed by atoms with Gasteiger partial charge in [0.05, 0.1) is 22.8 Å². The number of aromatic nitrogens is 3. The van der Waals surface area contributed by atoms with Crippen molar-refractivity contribution in [2.45, 2.75) is 30.4 Å². The molecule has 3 nitrogen and oxygen atoms in total. The standard InChI is InChI=1S/C33H29N3S/c1-33(2,3)37-28-18-14-25(15-19-28)11-10-24-12-16-26(17-13-24)27-22-31(29-8-4-6-20-34-29)36-32(23-27)30-9-5-7-21-35-30/h4-23H,1-3H3/b11-10+. The van der Waals surface area contributed by atoms with Gasteiger partial charge in [-0.05, 0) is 70.8 Å². The predicted octanol–water partition coefficient (Wildman–Crippen LogP) is 8.93. The molecule has 4 heteroatoms. The summed E-state index contributed by atoms with van der Waals surface area (Å²) in [6.45, 7) is 6.71. The van der Waals surface area contributed by atoms with E-state index in [1.165, 1.54) is 10.5 Å². The van der Waals surface area contributed by atoms with Crippen molar-refractivity contribution in [1.82, 2.24) is 15.0 Å². The van der Waals surface area contributed by atoms with Gasteiger partial charge in [0.2, 0.25) is 0 Å². The van der Waals surface area contributed by atoms with Gasteiger partial charge in [-0.2, -0.15) is 0 Å². The van der Waals surface area contributed by atoms with Crippen molar-refractivity contribution in [1.29, 1.82) is 0 Å². The van der Waals surface area contributed by atoms with Gasteiger partial charge in [-0.15, -0.1) is 11.8 Å². The smallest absolute Gasteiger partial charge is 0.0900 e. The molecular weight excluding hydrogens is 470 g/mol. The van der Waals surface area contributed by atoms with E-state index in [1.807, 2.05) is 48.2 Å². The van der Waals surface area contributed by atoms with Gasteiger partial charge in [-0.3, -0.25) is 9.97 Å². The van der Waals surface area contributed by atoms with Gasteiger partial charge < -0.3 is 0 Å². The molecule has 182 valence electrons.